The maximum atomic E-state index is 14.8. The van der Waals surface area contributed by atoms with Crippen molar-refractivity contribution in [2.24, 2.45) is 0 Å². The molecule has 38 heavy (non-hydrogen) atoms. The predicted octanol–water partition coefficient (Wildman–Crippen LogP) is 4.71. The van der Waals surface area contributed by atoms with Gasteiger partial charge in [-0.15, -0.1) is 0 Å². The number of halogens is 1. The number of nitrogens with one attached hydrogen (secondary N) is 1. The molecular weight excluding hydrogens is 485 g/mol. The number of carbonyl (C=O) groups is 1. The van der Waals surface area contributed by atoms with Gasteiger partial charge in [-0.25, -0.2) is 4.39 Å². The number of ether oxygens (including phenoxy) is 1. The van der Waals surface area contributed by atoms with Crippen LogP contribution in [0.2, 0.25) is 0 Å². The molecule has 0 spiro atoms. The quantitative estimate of drug-likeness (QED) is 0.488. The summed E-state index contributed by atoms with van der Waals surface area (Å²) in [5.41, 5.74) is 2.08. The highest BCUT2D eigenvalue weighted by molar-refractivity contribution is 6.16. The summed E-state index contributed by atoms with van der Waals surface area (Å²) in [6.07, 6.45) is 7.02. The molecule has 1 aromatic heterocycles. The van der Waals surface area contributed by atoms with E-state index >= 15 is 0 Å². The van der Waals surface area contributed by atoms with Crippen molar-refractivity contribution < 1.29 is 19.0 Å². The van der Waals surface area contributed by atoms with Crippen molar-refractivity contribution >= 4 is 28.2 Å². The summed E-state index contributed by atoms with van der Waals surface area (Å²) >= 11 is 0. The molecule has 0 saturated carbocycles. The normalized spacial score (nSPS) is 19.7. The van der Waals surface area contributed by atoms with Gasteiger partial charge in [0.1, 0.15) is 29.6 Å². The minimum atomic E-state index is -0.322. The zero-order valence-corrected chi connectivity index (χ0v) is 21.8. The number of amides is 1. The van der Waals surface area contributed by atoms with Crippen molar-refractivity contribution in [2.75, 3.05) is 36.0 Å². The largest absolute Gasteiger partial charge is 0.508 e. The summed E-state index contributed by atoms with van der Waals surface area (Å²) in [6.45, 7) is 5.20. The van der Waals surface area contributed by atoms with Crippen molar-refractivity contribution in [2.45, 2.75) is 64.5 Å². The summed E-state index contributed by atoms with van der Waals surface area (Å²) in [7, 11) is 0. The SMILES string of the molecule is CCc1c(F)ccc2cc(O)cc(N3Cc4nc(OCC5CCCN5)nc(N5CCCCCC5)c4C3=O)c12. The fourth-order valence-electron chi connectivity index (χ4n) is 6.04. The number of phenolic OH excluding ortho intramolecular Hbond substituents is 1. The second-order valence-electron chi connectivity index (χ2n) is 10.5. The minimum Gasteiger partial charge on any atom is -0.508 e. The molecule has 1 atom stereocenters. The number of rotatable bonds is 6. The van der Waals surface area contributed by atoms with Crippen molar-refractivity contribution in [3.05, 3.63) is 46.9 Å². The Labute approximate surface area is 221 Å². The van der Waals surface area contributed by atoms with Crippen molar-refractivity contribution in [3.8, 4) is 11.8 Å². The van der Waals surface area contributed by atoms with E-state index in [0.717, 1.165) is 58.2 Å². The molecule has 0 aliphatic carbocycles. The number of aromatic hydroxyl groups is 1. The fraction of sp³-hybridized carbons (Fsp3) is 0.483. The number of benzene rings is 2. The molecule has 3 aromatic rings. The molecule has 3 aliphatic rings. The van der Waals surface area contributed by atoms with E-state index in [9.17, 15) is 14.3 Å². The molecular formula is C29H34FN5O3. The number of nitrogens with zero attached hydrogens (tertiary/aromatic N) is 4. The van der Waals surface area contributed by atoms with Gasteiger partial charge in [-0.3, -0.25) is 4.79 Å². The average Bonchev–Trinajstić information content (AvgIpc) is 3.45. The number of phenols is 1. The van der Waals surface area contributed by atoms with Crippen LogP contribution in [0.1, 0.15) is 67.1 Å². The molecule has 2 saturated heterocycles. The highest BCUT2D eigenvalue weighted by Crippen LogP contribution is 2.41. The Morgan fingerprint density at radius 3 is 2.68 bits per heavy atom. The Morgan fingerprint density at radius 1 is 1.13 bits per heavy atom. The molecule has 6 rings (SSSR count). The second-order valence-corrected chi connectivity index (χ2v) is 10.5. The second kappa shape index (κ2) is 10.4. The van der Waals surface area contributed by atoms with E-state index in [1.165, 1.54) is 6.07 Å². The molecule has 2 N–H and O–H groups in total. The lowest BCUT2D eigenvalue weighted by atomic mass is 9.99. The Balaban J connectivity index is 1.43. The standard InChI is InChI=1S/C29H34FN5O3/c1-2-21-22(30)10-9-18-14-20(36)15-24(25(18)21)35-16-23-26(28(35)37)27(34-12-5-3-4-6-13-34)33-29(32-23)38-17-19-8-7-11-31-19/h9-10,14-15,19,31,36H,2-8,11-13,16-17H2,1H3. The topological polar surface area (TPSA) is 90.8 Å². The number of aromatic nitrogens is 2. The third kappa shape index (κ3) is 4.53. The van der Waals surface area contributed by atoms with Gasteiger partial charge in [0, 0.05) is 30.6 Å². The van der Waals surface area contributed by atoms with Gasteiger partial charge in [-0.1, -0.05) is 25.8 Å². The molecule has 200 valence electrons. The van der Waals surface area contributed by atoms with Gasteiger partial charge in [-0.05, 0) is 61.7 Å². The molecule has 0 radical (unpaired) electrons. The number of aryl methyl sites for hydroxylation is 1. The van der Waals surface area contributed by atoms with Crippen molar-refractivity contribution in [1.82, 2.24) is 15.3 Å². The van der Waals surface area contributed by atoms with Gasteiger partial charge < -0.3 is 25.0 Å². The maximum absolute atomic E-state index is 14.8. The molecule has 2 fully saturated rings. The number of hydrogen-bond donors (Lipinski definition) is 2. The Bertz CT molecular complexity index is 1370. The summed E-state index contributed by atoms with van der Waals surface area (Å²) in [5.74, 6) is 0.0841. The van der Waals surface area contributed by atoms with E-state index in [-0.39, 0.29) is 36.1 Å². The van der Waals surface area contributed by atoms with Gasteiger partial charge >= 0.3 is 6.01 Å². The molecule has 1 unspecified atom stereocenters. The third-order valence-electron chi connectivity index (χ3n) is 7.97. The van der Waals surface area contributed by atoms with Crippen molar-refractivity contribution in [1.29, 1.82) is 0 Å². The third-order valence-corrected chi connectivity index (χ3v) is 7.97. The van der Waals surface area contributed by atoms with E-state index in [0.29, 0.717) is 52.1 Å². The van der Waals surface area contributed by atoms with Crippen LogP contribution in [0.5, 0.6) is 11.8 Å². The lowest BCUT2D eigenvalue weighted by Crippen LogP contribution is -2.30. The molecule has 0 bridgehead atoms. The molecule has 9 heteroatoms. The first-order chi connectivity index (χ1) is 18.5. The van der Waals surface area contributed by atoms with Gasteiger partial charge in [0.25, 0.3) is 5.91 Å². The van der Waals surface area contributed by atoms with E-state index < -0.39 is 0 Å². The first kappa shape index (κ1) is 24.9. The van der Waals surface area contributed by atoms with Crippen LogP contribution in [0, 0.1) is 5.82 Å². The maximum Gasteiger partial charge on any atom is 0.318 e. The Kier molecular flexibility index (Phi) is 6.78. The summed E-state index contributed by atoms with van der Waals surface area (Å²) in [6, 6.07) is 6.77. The van der Waals surface area contributed by atoms with Gasteiger partial charge in [-0.2, -0.15) is 9.97 Å². The van der Waals surface area contributed by atoms with Crippen LogP contribution in [0.15, 0.2) is 24.3 Å². The number of anilines is 2. The smallest absolute Gasteiger partial charge is 0.318 e. The first-order valence-corrected chi connectivity index (χ1v) is 13.8. The zero-order valence-electron chi connectivity index (χ0n) is 21.8. The average molecular weight is 520 g/mol. The van der Waals surface area contributed by atoms with E-state index in [2.05, 4.69) is 10.2 Å². The molecule has 3 aliphatic heterocycles. The number of hydrogen-bond acceptors (Lipinski definition) is 7. The summed E-state index contributed by atoms with van der Waals surface area (Å²) in [4.78, 5) is 27.3. The lowest BCUT2D eigenvalue weighted by molar-refractivity contribution is 0.0997. The highest BCUT2D eigenvalue weighted by Gasteiger charge is 2.37. The van der Waals surface area contributed by atoms with Gasteiger partial charge in [0.15, 0.2) is 0 Å². The van der Waals surface area contributed by atoms with Crippen LogP contribution in [0.4, 0.5) is 15.9 Å². The fourth-order valence-corrected chi connectivity index (χ4v) is 6.04. The molecule has 2 aromatic carbocycles. The predicted molar refractivity (Wildman–Crippen MR) is 145 cm³/mol. The van der Waals surface area contributed by atoms with E-state index in [1.807, 2.05) is 6.92 Å². The van der Waals surface area contributed by atoms with Gasteiger partial charge in [0.2, 0.25) is 0 Å². The van der Waals surface area contributed by atoms with Crippen LogP contribution in [-0.4, -0.2) is 53.3 Å². The van der Waals surface area contributed by atoms with Crippen LogP contribution in [-0.2, 0) is 13.0 Å². The summed E-state index contributed by atoms with van der Waals surface area (Å²) < 4.78 is 20.9. The van der Waals surface area contributed by atoms with Crippen LogP contribution >= 0.6 is 0 Å². The molecule has 1 amide bonds. The molecule has 8 nitrogen and oxygen atoms in total. The first-order valence-electron chi connectivity index (χ1n) is 13.8. The summed E-state index contributed by atoms with van der Waals surface area (Å²) in [5, 5.41) is 15.3. The number of fused-ring (bicyclic) bond motifs is 2. The minimum absolute atomic E-state index is 0.0248. The van der Waals surface area contributed by atoms with E-state index in [1.54, 1.807) is 23.1 Å². The zero-order chi connectivity index (χ0) is 26.2. The van der Waals surface area contributed by atoms with Gasteiger partial charge in [0.05, 0.1) is 17.9 Å². The van der Waals surface area contributed by atoms with Crippen LogP contribution < -0.4 is 19.9 Å². The van der Waals surface area contributed by atoms with Crippen molar-refractivity contribution in [3.63, 3.8) is 0 Å². The van der Waals surface area contributed by atoms with Crippen LogP contribution in [0.25, 0.3) is 10.8 Å². The van der Waals surface area contributed by atoms with Crippen LogP contribution in [0.3, 0.4) is 0 Å². The van der Waals surface area contributed by atoms with E-state index in [4.69, 9.17) is 14.7 Å². The monoisotopic (exact) mass is 519 g/mol. The number of carbonyl (C=O) groups excluding carboxylic acids is 1. The highest BCUT2D eigenvalue weighted by atomic mass is 19.1. The molecule has 4 heterocycles. The Morgan fingerprint density at radius 2 is 1.95 bits per heavy atom. The lowest BCUT2D eigenvalue weighted by Gasteiger charge is -2.24. The Hall–Kier alpha value is -3.46.